The van der Waals surface area contributed by atoms with E-state index in [4.69, 9.17) is 11.1 Å². The molecule has 47 heavy (non-hydrogen) atoms. The predicted molar refractivity (Wildman–Crippen MR) is 184 cm³/mol. The monoisotopic (exact) mass is 637 g/mol. The molecule has 0 bridgehead atoms. The minimum atomic E-state index is -0.537. The average Bonchev–Trinajstić information content (AvgIpc) is 3.02. The van der Waals surface area contributed by atoms with Gasteiger partial charge in [0.1, 0.15) is 12.4 Å². The number of nitrogens with one attached hydrogen (secondary N) is 6. The zero-order valence-corrected chi connectivity index (χ0v) is 26.7. The van der Waals surface area contributed by atoms with E-state index >= 15 is 0 Å². The SMILES string of the molecule is CC(C)Nc1ncc(-c2cc(N)cc(NC(=O)C(C)C)c2)n(CC(=O)NCc2ccc(C(=N)NC(=O)Nc3ccccc3)cc2)c1=O. The number of aromatic nitrogens is 2. The van der Waals surface area contributed by atoms with Crippen molar-refractivity contribution >= 4 is 46.6 Å². The van der Waals surface area contributed by atoms with Gasteiger partial charge in [0.15, 0.2) is 5.82 Å². The van der Waals surface area contributed by atoms with Gasteiger partial charge in [0.25, 0.3) is 5.56 Å². The fraction of sp³-hybridized carbons (Fsp3) is 0.235. The molecule has 0 unspecified atom stereocenters. The van der Waals surface area contributed by atoms with Gasteiger partial charge in [-0.25, -0.2) is 9.78 Å². The normalized spacial score (nSPS) is 10.8. The van der Waals surface area contributed by atoms with Crippen molar-refractivity contribution < 1.29 is 14.4 Å². The van der Waals surface area contributed by atoms with Crippen LogP contribution in [0.4, 0.5) is 27.7 Å². The molecule has 13 heteroatoms. The highest BCUT2D eigenvalue weighted by molar-refractivity contribution is 6.09. The lowest BCUT2D eigenvalue weighted by atomic mass is 10.1. The van der Waals surface area contributed by atoms with Gasteiger partial charge in [0.2, 0.25) is 11.8 Å². The minimum absolute atomic E-state index is 0.0774. The summed E-state index contributed by atoms with van der Waals surface area (Å²) in [4.78, 5) is 55.6. The zero-order chi connectivity index (χ0) is 34.1. The lowest BCUT2D eigenvalue weighted by molar-refractivity contribution is -0.122. The van der Waals surface area contributed by atoms with Crippen LogP contribution < -0.4 is 37.9 Å². The van der Waals surface area contributed by atoms with E-state index in [1.807, 2.05) is 19.9 Å². The van der Waals surface area contributed by atoms with Crippen molar-refractivity contribution in [1.82, 2.24) is 20.2 Å². The third-order valence-electron chi connectivity index (χ3n) is 6.83. The van der Waals surface area contributed by atoms with E-state index in [1.54, 1.807) is 80.6 Å². The van der Waals surface area contributed by atoms with Gasteiger partial charge in [-0.15, -0.1) is 0 Å². The van der Waals surface area contributed by atoms with Gasteiger partial charge in [0, 0.05) is 46.7 Å². The number of rotatable bonds is 11. The second-order valence-corrected chi connectivity index (χ2v) is 11.5. The maximum absolute atomic E-state index is 13.5. The van der Waals surface area contributed by atoms with Gasteiger partial charge in [-0.1, -0.05) is 56.3 Å². The molecule has 1 aromatic heterocycles. The molecule has 1 heterocycles. The highest BCUT2D eigenvalue weighted by atomic mass is 16.2. The topological polar surface area (TPSA) is 196 Å². The molecule has 3 aromatic carbocycles. The van der Waals surface area contributed by atoms with Gasteiger partial charge in [0.05, 0.1) is 11.9 Å². The first-order valence-corrected chi connectivity index (χ1v) is 15.1. The van der Waals surface area contributed by atoms with Crippen molar-refractivity contribution in [3.63, 3.8) is 0 Å². The molecule has 13 nitrogen and oxygen atoms in total. The summed E-state index contributed by atoms with van der Waals surface area (Å²) >= 11 is 0. The molecule has 4 rings (SSSR count). The summed E-state index contributed by atoms with van der Waals surface area (Å²) in [7, 11) is 0. The highest BCUT2D eigenvalue weighted by Crippen LogP contribution is 2.26. The van der Waals surface area contributed by atoms with Crippen LogP contribution >= 0.6 is 0 Å². The summed E-state index contributed by atoms with van der Waals surface area (Å²) in [5.41, 5.74) is 9.14. The molecule has 0 atom stereocenters. The smallest absolute Gasteiger partial charge is 0.324 e. The Bertz CT molecular complexity index is 1820. The second kappa shape index (κ2) is 15.3. The summed E-state index contributed by atoms with van der Waals surface area (Å²) in [5.74, 6) is -0.863. The number of carbonyl (C=O) groups excluding carboxylic acids is 3. The Hall–Kier alpha value is -5.98. The van der Waals surface area contributed by atoms with Gasteiger partial charge in [-0.05, 0) is 49.7 Å². The summed E-state index contributed by atoms with van der Waals surface area (Å²) < 4.78 is 1.31. The van der Waals surface area contributed by atoms with E-state index in [0.717, 1.165) is 5.56 Å². The van der Waals surface area contributed by atoms with Crippen LogP contribution in [0.3, 0.4) is 0 Å². The quantitative estimate of drug-likeness (QED) is 0.0720. The molecule has 4 amide bonds. The molecule has 4 aromatic rings. The maximum Gasteiger partial charge on any atom is 0.324 e. The van der Waals surface area contributed by atoms with Gasteiger partial charge >= 0.3 is 6.03 Å². The van der Waals surface area contributed by atoms with Gasteiger partial charge in [-0.3, -0.25) is 29.7 Å². The number of nitrogens with two attached hydrogens (primary N) is 1. The minimum Gasteiger partial charge on any atom is -0.399 e. The summed E-state index contributed by atoms with van der Waals surface area (Å²) in [6.45, 7) is 7.13. The first-order valence-electron chi connectivity index (χ1n) is 15.1. The van der Waals surface area contributed by atoms with E-state index in [2.05, 4.69) is 31.6 Å². The largest absolute Gasteiger partial charge is 0.399 e. The number of hydrogen-bond acceptors (Lipinski definition) is 8. The van der Waals surface area contributed by atoms with Crippen LogP contribution in [-0.4, -0.2) is 39.3 Å². The maximum atomic E-state index is 13.5. The van der Waals surface area contributed by atoms with Crippen molar-refractivity contribution in [3.8, 4) is 11.3 Å². The first kappa shape index (κ1) is 33.9. The Morgan fingerprint density at radius 2 is 1.62 bits per heavy atom. The molecule has 0 aliphatic carbocycles. The molecule has 0 fully saturated rings. The lowest BCUT2D eigenvalue weighted by Gasteiger charge is -2.17. The molecule has 0 saturated heterocycles. The lowest BCUT2D eigenvalue weighted by Crippen LogP contribution is -2.35. The number of amides is 4. The fourth-order valence-corrected chi connectivity index (χ4v) is 4.46. The third-order valence-corrected chi connectivity index (χ3v) is 6.83. The van der Waals surface area contributed by atoms with E-state index < -0.39 is 17.5 Å². The zero-order valence-electron chi connectivity index (χ0n) is 26.7. The van der Waals surface area contributed by atoms with Crippen LogP contribution in [0.15, 0.2) is 83.8 Å². The van der Waals surface area contributed by atoms with Crippen molar-refractivity contribution in [2.45, 2.75) is 46.8 Å². The van der Waals surface area contributed by atoms with Crippen LogP contribution in [-0.2, 0) is 22.7 Å². The fourth-order valence-electron chi connectivity index (χ4n) is 4.46. The number of para-hydroxylation sites is 1. The van der Waals surface area contributed by atoms with Gasteiger partial charge < -0.3 is 27.0 Å². The number of benzene rings is 3. The van der Waals surface area contributed by atoms with Crippen LogP contribution in [0, 0.1) is 11.3 Å². The van der Waals surface area contributed by atoms with Crippen molar-refractivity contribution in [2.24, 2.45) is 5.92 Å². The van der Waals surface area contributed by atoms with Crippen LogP contribution in [0.5, 0.6) is 0 Å². The summed E-state index contributed by atoms with van der Waals surface area (Å²) in [6, 6.07) is 20.0. The molecular weight excluding hydrogens is 598 g/mol. The Kier molecular flexibility index (Phi) is 11.1. The van der Waals surface area contributed by atoms with Gasteiger partial charge in [-0.2, -0.15) is 0 Å². The molecule has 244 valence electrons. The molecular formula is C34H39N9O4. The van der Waals surface area contributed by atoms with Crippen LogP contribution in [0.1, 0.15) is 38.8 Å². The van der Waals surface area contributed by atoms with E-state index in [0.29, 0.717) is 33.9 Å². The molecule has 0 aliphatic heterocycles. The van der Waals surface area contributed by atoms with Crippen LogP contribution in [0.25, 0.3) is 11.3 Å². The number of nitrogen functional groups attached to an aromatic ring is 1. The van der Waals surface area contributed by atoms with E-state index in [-0.39, 0.29) is 42.6 Å². The molecule has 0 aliphatic rings. The van der Waals surface area contributed by atoms with Crippen molar-refractivity contribution in [1.29, 1.82) is 5.41 Å². The number of carbonyl (C=O) groups is 3. The Balaban J connectivity index is 1.47. The molecule has 8 N–H and O–H groups in total. The highest BCUT2D eigenvalue weighted by Gasteiger charge is 2.17. The number of hydrogen-bond donors (Lipinski definition) is 7. The third kappa shape index (κ3) is 9.50. The predicted octanol–water partition coefficient (Wildman–Crippen LogP) is 4.37. The van der Waals surface area contributed by atoms with Crippen LogP contribution in [0.2, 0.25) is 0 Å². The average molecular weight is 638 g/mol. The van der Waals surface area contributed by atoms with E-state index in [9.17, 15) is 19.2 Å². The Labute approximate surface area is 272 Å². The number of amidine groups is 1. The standard InChI is InChI=1S/C34H39N9O4/c1-20(2)32(45)40-27-15-24(14-25(35)16-27)28-18-38-31(39-21(3)4)33(46)43(28)19-29(44)37-17-22-10-12-23(13-11-22)30(36)42-34(47)41-26-8-6-5-7-9-26/h5-16,18,20-21H,17,19,35H2,1-4H3,(H,37,44)(H,38,39)(H,40,45)(H3,36,41,42,47). The van der Waals surface area contributed by atoms with Crippen molar-refractivity contribution in [3.05, 3.63) is 100 Å². The molecule has 0 spiro atoms. The number of anilines is 4. The Morgan fingerprint density at radius 3 is 2.28 bits per heavy atom. The summed E-state index contributed by atoms with van der Waals surface area (Å²) in [6.07, 6.45) is 1.49. The summed E-state index contributed by atoms with van der Waals surface area (Å²) in [5, 5.41) is 22.0. The molecule has 0 saturated carbocycles. The van der Waals surface area contributed by atoms with E-state index in [1.165, 1.54) is 10.8 Å². The first-order chi connectivity index (χ1) is 22.4. The number of urea groups is 1. The second-order valence-electron chi connectivity index (χ2n) is 11.5. The van der Waals surface area contributed by atoms with Crippen molar-refractivity contribution in [2.75, 3.05) is 21.7 Å². The number of nitrogens with zero attached hydrogens (tertiary/aromatic N) is 2. The Morgan fingerprint density at radius 1 is 0.915 bits per heavy atom. The molecule has 0 radical (unpaired) electrons.